The van der Waals surface area contributed by atoms with Crippen LogP contribution in [0, 0.1) is 5.92 Å². The molecule has 0 amide bonds. The van der Waals surface area contributed by atoms with Crippen LogP contribution in [0.15, 0.2) is 22.7 Å². The zero-order valence-electron chi connectivity index (χ0n) is 10.5. The maximum atomic E-state index is 6.05. The van der Waals surface area contributed by atoms with E-state index in [-0.39, 0.29) is 0 Å². The minimum Gasteiger partial charge on any atom is -0.398 e. The number of benzene rings is 1. The Morgan fingerprint density at radius 3 is 3.00 bits per heavy atom. The summed E-state index contributed by atoms with van der Waals surface area (Å²) >= 11 is 3.60. The van der Waals surface area contributed by atoms with Gasteiger partial charge in [0.1, 0.15) is 0 Å². The van der Waals surface area contributed by atoms with Crippen molar-refractivity contribution in [2.75, 3.05) is 18.8 Å². The molecule has 3 heteroatoms. The van der Waals surface area contributed by atoms with Gasteiger partial charge in [0.2, 0.25) is 0 Å². The lowest BCUT2D eigenvalue weighted by molar-refractivity contribution is 0.165. The fourth-order valence-electron chi connectivity index (χ4n) is 2.59. The van der Waals surface area contributed by atoms with E-state index in [1.54, 1.807) is 0 Å². The van der Waals surface area contributed by atoms with Gasteiger partial charge in [-0.25, -0.2) is 0 Å². The standard InChI is InChI=1S/C14H21BrN2/c1-2-11-5-4-8-17(9-11)10-12-13(15)6-3-7-14(12)16/h3,6-7,11H,2,4-5,8-10,16H2,1H3. The van der Waals surface area contributed by atoms with E-state index < -0.39 is 0 Å². The summed E-state index contributed by atoms with van der Waals surface area (Å²) in [5.41, 5.74) is 8.19. The zero-order chi connectivity index (χ0) is 12.3. The third kappa shape index (κ3) is 3.23. The van der Waals surface area contributed by atoms with Crippen molar-refractivity contribution in [3.63, 3.8) is 0 Å². The van der Waals surface area contributed by atoms with Crippen LogP contribution in [0.25, 0.3) is 0 Å². The first-order valence-electron chi connectivity index (χ1n) is 6.46. The first kappa shape index (κ1) is 12.9. The van der Waals surface area contributed by atoms with E-state index in [2.05, 4.69) is 33.8 Å². The van der Waals surface area contributed by atoms with Crippen LogP contribution in [0.1, 0.15) is 31.7 Å². The zero-order valence-corrected chi connectivity index (χ0v) is 12.0. The summed E-state index contributed by atoms with van der Waals surface area (Å²) in [5.74, 6) is 0.868. The largest absolute Gasteiger partial charge is 0.398 e. The molecule has 0 radical (unpaired) electrons. The minimum atomic E-state index is 0.868. The summed E-state index contributed by atoms with van der Waals surface area (Å²) in [4.78, 5) is 2.54. The van der Waals surface area contributed by atoms with Crippen molar-refractivity contribution in [3.8, 4) is 0 Å². The first-order chi connectivity index (χ1) is 8.20. The monoisotopic (exact) mass is 296 g/mol. The molecule has 2 N–H and O–H groups in total. The number of piperidine rings is 1. The summed E-state index contributed by atoms with van der Waals surface area (Å²) in [6.45, 7) is 5.69. The lowest BCUT2D eigenvalue weighted by atomic mass is 9.95. The van der Waals surface area contributed by atoms with E-state index in [0.29, 0.717) is 0 Å². The van der Waals surface area contributed by atoms with Gasteiger partial charge < -0.3 is 5.73 Å². The highest BCUT2D eigenvalue weighted by atomic mass is 79.9. The minimum absolute atomic E-state index is 0.868. The average molecular weight is 297 g/mol. The molecule has 1 unspecified atom stereocenters. The van der Waals surface area contributed by atoms with E-state index in [9.17, 15) is 0 Å². The maximum Gasteiger partial charge on any atom is 0.0371 e. The van der Waals surface area contributed by atoms with Gasteiger partial charge in [-0.1, -0.05) is 35.3 Å². The molecule has 2 nitrogen and oxygen atoms in total. The Labute approximate surface area is 112 Å². The van der Waals surface area contributed by atoms with Crippen LogP contribution in [0.4, 0.5) is 5.69 Å². The van der Waals surface area contributed by atoms with Crippen LogP contribution in [-0.4, -0.2) is 18.0 Å². The molecule has 1 aromatic rings. The lowest BCUT2D eigenvalue weighted by Crippen LogP contribution is -2.34. The van der Waals surface area contributed by atoms with Gasteiger partial charge in [-0.2, -0.15) is 0 Å². The molecule has 0 bridgehead atoms. The predicted octanol–water partition coefficient (Wildman–Crippen LogP) is 3.65. The smallest absolute Gasteiger partial charge is 0.0371 e. The van der Waals surface area contributed by atoms with Gasteiger partial charge in [-0.05, 0) is 37.4 Å². The number of hydrogen-bond acceptors (Lipinski definition) is 2. The second kappa shape index (κ2) is 5.87. The highest BCUT2D eigenvalue weighted by Crippen LogP contribution is 2.27. The normalized spacial score (nSPS) is 21.6. The van der Waals surface area contributed by atoms with Gasteiger partial charge in [0.05, 0.1) is 0 Å². The molecule has 1 saturated heterocycles. The van der Waals surface area contributed by atoms with Crippen molar-refractivity contribution < 1.29 is 0 Å². The van der Waals surface area contributed by atoms with Crippen LogP contribution in [0.2, 0.25) is 0 Å². The third-order valence-corrected chi connectivity index (χ3v) is 4.46. The Balaban J connectivity index is 2.05. The number of nitrogens with two attached hydrogens (primary N) is 1. The molecule has 17 heavy (non-hydrogen) atoms. The molecule has 0 spiro atoms. The molecule has 0 aromatic heterocycles. The highest BCUT2D eigenvalue weighted by molar-refractivity contribution is 9.10. The average Bonchev–Trinajstić information content (AvgIpc) is 2.34. The van der Waals surface area contributed by atoms with E-state index in [1.807, 2.05) is 12.1 Å². The van der Waals surface area contributed by atoms with Crippen LogP contribution in [0.5, 0.6) is 0 Å². The fraction of sp³-hybridized carbons (Fsp3) is 0.571. The summed E-state index contributed by atoms with van der Waals surface area (Å²) in [6, 6.07) is 6.06. The molecule has 1 aliphatic heterocycles. The number of halogens is 1. The Morgan fingerprint density at radius 2 is 2.29 bits per heavy atom. The summed E-state index contributed by atoms with van der Waals surface area (Å²) in [7, 11) is 0. The molecule has 2 rings (SSSR count). The number of hydrogen-bond donors (Lipinski definition) is 1. The number of anilines is 1. The SMILES string of the molecule is CCC1CCCN(Cc2c(N)cccc2Br)C1. The van der Waals surface area contributed by atoms with Gasteiger partial charge in [0.15, 0.2) is 0 Å². The summed E-state index contributed by atoms with van der Waals surface area (Å²) < 4.78 is 1.14. The van der Waals surface area contributed by atoms with E-state index in [0.717, 1.165) is 22.6 Å². The maximum absolute atomic E-state index is 6.05. The van der Waals surface area contributed by atoms with Crippen molar-refractivity contribution in [3.05, 3.63) is 28.2 Å². The van der Waals surface area contributed by atoms with Crippen molar-refractivity contribution in [2.45, 2.75) is 32.7 Å². The molecule has 94 valence electrons. The van der Waals surface area contributed by atoms with Crippen LogP contribution >= 0.6 is 15.9 Å². The molecule has 0 aliphatic carbocycles. The molecule has 1 heterocycles. The molecular weight excluding hydrogens is 276 g/mol. The summed E-state index contributed by atoms with van der Waals surface area (Å²) in [6.07, 6.45) is 4.00. The molecular formula is C14H21BrN2. The quantitative estimate of drug-likeness (QED) is 0.863. The van der Waals surface area contributed by atoms with Crippen molar-refractivity contribution in [1.82, 2.24) is 4.90 Å². The second-order valence-electron chi connectivity index (χ2n) is 4.96. The van der Waals surface area contributed by atoms with Crippen LogP contribution in [-0.2, 0) is 6.54 Å². The highest BCUT2D eigenvalue weighted by Gasteiger charge is 2.19. The van der Waals surface area contributed by atoms with E-state index in [1.165, 1.54) is 37.9 Å². The Morgan fingerprint density at radius 1 is 1.47 bits per heavy atom. The molecule has 0 saturated carbocycles. The van der Waals surface area contributed by atoms with Gasteiger partial charge in [-0.3, -0.25) is 4.90 Å². The Bertz CT molecular complexity index is 358. The van der Waals surface area contributed by atoms with Gasteiger partial charge in [0, 0.05) is 28.8 Å². The third-order valence-electron chi connectivity index (χ3n) is 3.72. The number of rotatable bonds is 3. The van der Waals surface area contributed by atoms with Crippen molar-refractivity contribution in [2.24, 2.45) is 5.92 Å². The number of nitrogen functional groups attached to an aromatic ring is 1. The summed E-state index contributed by atoms with van der Waals surface area (Å²) in [5, 5.41) is 0. The van der Waals surface area contributed by atoms with Gasteiger partial charge >= 0.3 is 0 Å². The number of likely N-dealkylation sites (tertiary alicyclic amines) is 1. The first-order valence-corrected chi connectivity index (χ1v) is 7.25. The predicted molar refractivity (Wildman–Crippen MR) is 76.8 cm³/mol. The van der Waals surface area contributed by atoms with Gasteiger partial charge in [-0.15, -0.1) is 0 Å². The van der Waals surface area contributed by atoms with Crippen molar-refractivity contribution >= 4 is 21.6 Å². The Kier molecular flexibility index (Phi) is 4.46. The van der Waals surface area contributed by atoms with Crippen LogP contribution in [0.3, 0.4) is 0 Å². The van der Waals surface area contributed by atoms with Gasteiger partial charge in [0.25, 0.3) is 0 Å². The van der Waals surface area contributed by atoms with Crippen LogP contribution < -0.4 is 5.73 Å². The second-order valence-corrected chi connectivity index (χ2v) is 5.81. The molecule has 1 aliphatic rings. The topological polar surface area (TPSA) is 29.3 Å². The molecule has 1 fully saturated rings. The fourth-order valence-corrected chi connectivity index (χ4v) is 3.10. The van der Waals surface area contributed by atoms with Crippen molar-refractivity contribution in [1.29, 1.82) is 0 Å². The van der Waals surface area contributed by atoms with E-state index >= 15 is 0 Å². The lowest BCUT2D eigenvalue weighted by Gasteiger charge is -2.32. The number of nitrogens with zero attached hydrogens (tertiary/aromatic N) is 1. The Hall–Kier alpha value is -0.540. The van der Waals surface area contributed by atoms with E-state index in [4.69, 9.17) is 5.73 Å². The molecule has 1 aromatic carbocycles. The molecule has 1 atom stereocenters.